The van der Waals surface area contributed by atoms with E-state index >= 15 is 0 Å². The Balaban J connectivity index is 1.66. The van der Waals surface area contributed by atoms with Crippen LogP contribution in [0.15, 0.2) is 42.7 Å². The third kappa shape index (κ3) is 3.49. The predicted octanol–water partition coefficient (Wildman–Crippen LogP) is 2.50. The van der Waals surface area contributed by atoms with Crippen molar-refractivity contribution in [2.75, 3.05) is 11.9 Å². The largest absolute Gasteiger partial charge is 0.364 e. The van der Waals surface area contributed by atoms with Gasteiger partial charge in [-0.1, -0.05) is 30.3 Å². The van der Waals surface area contributed by atoms with E-state index in [1.54, 1.807) is 12.4 Å². The smallest absolute Gasteiger partial charge is 0.161 e. The summed E-state index contributed by atoms with van der Waals surface area (Å²) in [4.78, 5) is 18.3. The summed E-state index contributed by atoms with van der Waals surface area (Å²) in [5, 5.41) is 6.82. The molecule has 2 N–H and O–H groups in total. The number of nitrogens with one attached hydrogen (secondary N) is 2. The van der Waals surface area contributed by atoms with Crippen molar-refractivity contribution in [2.45, 2.75) is 26.4 Å². The van der Waals surface area contributed by atoms with Gasteiger partial charge >= 0.3 is 0 Å². The molecule has 0 atom stereocenters. The van der Waals surface area contributed by atoms with Gasteiger partial charge in [0.2, 0.25) is 0 Å². The minimum atomic E-state index is 0.596. The van der Waals surface area contributed by atoms with Crippen molar-refractivity contribution in [2.24, 2.45) is 0 Å². The third-order valence-electron chi connectivity index (χ3n) is 4.24. The molecule has 0 aliphatic carbocycles. The fourth-order valence-electron chi connectivity index (χ4n) is 2.91. The standard InChI is InChI=1S/C19H20N6/c1-13-9-22-15(10-21-13)11-23-19-16-7-8-20-12-17(16)24-18(25-19)14-5-3-2-4-6-14/h2-6,9-10,20H,7-8,11-12H2,1H3,(H,23,24,25). The van der Waals surface area contributed by atoms with Crippen molar-refractivity contribution in [3.63, 3.8) is 0 Å². The number of nitrogens with zero attached hydrogens (tertiary/aromatic N) is 4. The molecule has 2 aromatic heterocycles. The molecule has 6 nitrogen and oxygen atoms in total. The molecular formula is C19H20N6. The minimum absolute atomic E-state index is 0.596. The highest BCUT2D eigenvalue weighted by atomic mass is 15.1. The van der Waals surface area contributed by atoms with Crippen molar-refractivity contribution in [3.8, 4) is 11.4 Å². The summed E-state index contributed by atoms with van der Waals surface area (Å²) in [6, 6.07) is 10.1. The van der Waals surface area contributed by atoms with Gasteiger partial charge in [0.1, 0.15) is 5.82 Å². The van der Waals surface area contributed by atoms with Crippen molar-refractivity contribution in [1.29, 1.82) is 0 Å². The topological polar surface area (TPSA) is 75.6 Å². The normalized spacial score (nSPS) is 13.3. The minimum Gasteiger partial charge on any atom is -0.364 e. The average Bonchev–Trinajstić information content (AvgIpc) is 2.68. The van der Waals surface area contributed by atoms with Gasteiger partial charge in [-0.3, -0.25) is 9.97 Å². The maximum atomic E-state index is 4.79. The molecule has 0 saturated heterocycles. The van der Waals surface area contributed by atoms with Crippen LogP contribution >= 0.6 is 0 Å². The van der Waals surface area contributed by atoms with Crippen LogP contribution in [-0.2, 0) is 19.5 Å². The quantitative estimate of drug-likeness (QED) is 0.764. The highest BCUT2D eigenvalue weighted by molar-refractivity contribution is 5.60. The number of aryl methyl sites for hydroxylation is 1. The lowest BCUT2D eigenvalue weighted by Crippen LogP contribution is -2.26. The summed E-state index contributed by atoms with van der Waals surface area (Å²) < 4.78 is 0. The summed E-state index contributed by atoms with van der Waals surface area (Å²) in [6.07, 6.45) is 4.51. The second kappa shape index (κ2) is 6.94. The molecule has 1 aromatic carbocycles. The van der Waals surface area contributed by atoms with Gasteiger partial charge in [-0.2, -0.15) is 0 Å². The first-order valence-corrected chi connectivity index (χ1v) is 8.47. The van der Waals surface area contributed by atoms with Crippen LogP contribution in [0.1, 0.15) is 22.6 Å². The zero-order valence-corrected chi connectivity index (χ0v) is 14.2. The van der Waals surface area contributed by atoms with Crippen LogP contribution in [-0.4, -0.2) is 26.5 Å². The maximum absolute atomic E-state index is 4.79. The predicted molar refractivity (Wildman–Crippen MR) is 97.0 cm³/mol. The molecule has 0 radical (unpaired) electrons. The van der Waals surface area contributed by atoms with E-state index in [4.69, 9.17) is 9.97 Å². The lowest BCUT2D eigenvalue weighted by molar-refractivity contribution is 0.625. The highest BCUT2D eigenvalue weighted by Crippen LogP contribution is 2.25. The van der Waals surface area contributed by atoms with Crippen molar-refractivity contribution >= 4 is 5.82 Å². The van der Waals surface area contributed by atoms with Gasteiger partial charge in [-0.15, -0.1) is 0 Å². The molecule has 25 heavy (non-hydrogen) atoms. The molecule has 0 amide bonds. The van der Waals surface area contributed by atoms with Crippen LogP contribution in [0.4, 0.5) is 5.82 Å². The fraction of sp³-hybridized carbons (Fsp3) is 0.263. The molecular weight excluding hydrogens is 312 g/mol. The van der Waals surface area contributed by atoms with Gasteiger partial charge < -0.3 is 10.6 Å². The van der Waals surface area contributed by atoms with E-state index in [-0.39, 0.29) is 0 Å². The molecule has 4 rings (SSSR count). The van der Waals surface area contributed by atoms with Gasteiger partial charge in [0.15, 0.2) is 5.82 Å². The molecule has 3 heterocycles. The van der Waals surface area contributed by atoms with E-state index in [1.165, 1.54) is 5.56 Å². The van der Waals surface area contributed by atoms with Gasteiger partial charge in [-0.05, 0) is 19.9 Å². The molecule has 0 saturated carbocycles. The first-order chi connectivity index (χ1) is 12.3. The molecule has 3 aromatic rings. The lowest BCUT2D eigenvalue weighted by atomic mass is 10.1. The fourth-order valence-corrected chi connectivity index (χ4v) is 2.91. The monoisotopic (exact) mass is 332 g/mol. The van der Waals surface area contributed by atoms with E-state index in [9.17, 15) is 0 Å². The Labute approximate surface area is 146 Å². The first-order valence-electron chi connectivity index (χ1n) is 8.47. The zero-order valence-electron chi connectivity index (χ0n) is 14.2. The molecule has 0 bridgehead atoms. The van der Waals surface area contributed by atoms with Gasteiger partial charge in [-0.25, -0.2) is 9.97 Å². The molecule has 126 valence electrons. The second-order valence-electron chi connectivity index (χ2n) is 6.12. The van der Waals surface area contributed by atoms with Gasteiger partial charge in [0.25, 0.3) is 0 Å². The lowest BCUT2D eigenvalue weighted by Gasteiger charge is -2.20. The van der Waals surface area contributed by atoms with E-state index < -0.39 is 0 Å². The van der Waals surface area contributed by atoms with E-state index in [2.05, 4.69) is 20.6 Å². The van der Waals surface area contributed by atoms with E-state index in [0.717, 1.165) is 53.8 Å². The summed E-state index contributed by atoms with van der Waals surface area (Å²) in [5.41, 5.74) is 5.10. The molecule has 0 unspecified atom stereocenters. The maximum Gasteiger partial charge on any atom is 0.161 e. The van der Waals surface area contributed by atoms with E-state index in [0.29, 0.717) is 6.54 Å². The Bertz CT molecular complexity index is 861. The molecule has 0 spiro atoms. The van der Waals surface area contributed by atoms with Crippen LogP contribution in [0, 0.1) is 6.92 Å². The Morgan fingerprint density at radius 2 is 1.96 bits per heavy atom. The van der Waals surface area contributed by atoms with E-state index in [1.807, 2.05) is 37.3 Å². The highest BCUT2D eigenvalue weighted by Gasteiger charge is 2.18. The van der Waals surface area contributed by atoms with Crippen LogP contribution in [0.3, 0.4) is 0 Å². The number of fused-ring (bicyclic) bond motifs is 1. The van der Waals surface area contributed by atoms with Crippen molar-refractivity contribution < 1.29 is 0 Å². The molecule has 0 fully saturated rings. The first kappa shape index (κ1) is 15.7. The van der Waals surface area contributed by atoms with Crippen LogP contribution in [0.5, 0.6) is 0 Å². The number of anilines is 1. The molecule has 1 aliphatic heterocycles. The summed E-state index contributed by atoms with van der Waals surface area (Å²) in [7, 11) is 0. The number of rotatable bonds is 4. The second-order valence-corrected chi connectivity index (χ2v) is 6.12. The van der Waals surface area contributed by atoms with Crippen molar-refractivity contribution in [1.82, 2.24) is 25.3 Å². The van der Waals surface area contributed by atoms with Gasteiger partial charge in [0.05, 0.1) is 29.8 Å². The van der Waals surface area contributed by atoms with Gasteiger partial charge in [0, 0.05) is 23.9 Å². The SMILES string of the molecule is Cc1cnc(CNc2nc(-c3ccccc3)nc3c2CCNC3)cn1. The number of aromatic nitrogens is 4. The van der Waals surface area contributed by atoms with Crippen LogP contribution in [0.25, 0.3) is 11.4 Å². The zero-order chi connectivity index (χ0) is 17.1. The number of hydrogen-bond acceptors (Lipinski definition) is 6. The summed E-state index contributed by atoms with van der Waals surface area (Å²) in [6.45, 7) is 4.25. The Kier molecular flexibility index (Phi) is 4.35. The summed E-state index contributed by atoms with van der Waals surface area (Å²) in [5.74, 6) is 1.65. The number of hydrogen-bond donors (Lipinski definition) is 2. The van der Waals surface area contributed by atoms with Crippen LogP contribution < -0.4 is 10.6 Å². The third-order valence-corrected chi connectivity index (χ3v) is 4.24. The van der Waals surface area contributed by atoms with Crippen molar-refractivity contribution in [3.05, 3.63) is 65.4 Å². The average molecular weight is 332 g/mol. The molecule has 6 heteroatoms. The Hall–Kier alpha value is -2.86. The Morgan fingerprint density at radius 1 is 1.08 bits per heavy atom. The molecule has 1 aliphatic rings. The Morgan fingerprint density at radius 3 is 2.76 bits per heavy atom. The van der Waals surface area contributed by atoms with Crippen LogP contribution in [0.2, 0.25) is 0 Å². The summed E-state index contributed by atoms with van der Waals surface area (Å²) >= 11 is 0. The number of benzene rings is 1.